The number of nitrogens with zero attached hydrogens (tertiary/aromatic N) is 2. The Kier molecular flexibility index (Phi) is 3.27. The van der Waals surface area contributed by atoms with Gasteiger partial charge in [0.15, 0.2) is 5.82 Å². The molecule has 0 aromatic carbocycles. The molecule has 2 amide bonds. The lowest BCUT2D eigenvalue weighted by atomic mass is 10.6. The summed E-state index contributed by atoms with van der Waals surface area (Å²) in [6.07, 6.45) is 1.75. The Balaban J connectivity index is 2.36. The van der Waals surface area contributed by atoms with Crippen molar-refractivity contribution < 1.29 is 4.79 Å². The highest BCUT2D eigenvalue weighted by molar-refractivity contribution is 5.88. The fourth-order valence-corrected chi connectivity index (χ4v) is 0.828. The summed E-state index contributed by atoms with van der Waals surface area (Å²) in [4.78, 5) is 11.1. The number of carbonyl (C=O) groups is 1. The van der Waals surface area contributed by atoms with Gasteiger partial charge in [0.1, 0.15) is 0 Å². The second-order valence-corrected chi connectivity index (χ2v) is 2.54. The number of nitrogens with two attached hydrogens (primary N) is 1. The molecule has 0 bridgehead atoms. The molecule has 0 unspecified atom stereocenters. The van der Waals surface area contributed by atoms with Gasteiger partial charge in [0, 0.05) is 32.4 Å². The Labute approximate surface area is 76.1 Å². The zero-order valence-electron chi connectivity index (χ0n) is 7.45. The number of anilines is 1. The van der Waals surface area contributed by atoms with Crippen molar-refractivity contribution in [3.05, 3.63) is 12.3 Å². The van der Waals surface area contributed by atoms with E-state index in [1.807, 2.05) is 0 Å². The lowest BCUT2D eigenvalue weighted by molar-refractivity contribution is 0.252. The van der Waals surface area contributed by atoms with Crippen LogP contribution >= 0.6 is 0 Å². The van der Waals surface area contributed by atoms with Crippen LogP contribution in [-0.4, -0.2) is 28.9 Å². The smallest absolute Gasteiger partial charge is 0.320 e. The quantitative estimate of drug-likeness (QED) is 0.590. The average Bonchev–Trinajstić information content (AvgIpc) is 2.48. The maximum atomic E-state index is 11.1. The Bertz CT molecular complexity index is 282. The molecule has 0 saturated heterocycles. The molecule has 1 heterocycles. The monoisotopic (exact) mass is 183 g/mol. The number of aryl methyl sites for hydroxylation is 1. The number of nitrogens with one attached hydrogen (secondary N) is 2. The van der Waals surface area contributed by atoms with Crippen LogP contribution in [0.2, 0.25) is 0 Å². The van der Waals surface area contributed by atoms with Gasteiger partial charge in [-0.25, -0.2) is 4.79 Å². The Morgan fingerprint density at radius 3 is 3.08 bits per heavy atom. The SMILES string of the molecule is Cn1ccc(NC(=O)NCCN)n1. The number of aromatic nitrogens is 2. The van der Waals surface area contributed by atoms with Crippen LogP contribution in [0.1, 0.15) is 0 Å². The molecule has 1 aromatic heterocycles. The van der Waals surface area contributed by atoms with Gasteiger partial charge in [-0.05, 0) is 0 Å². The first-order chi connectivity index (χ1) is 6.22. The third-order valence-electron chi connectivity index (χ3n) is 1.39. The van der Waals surface area contributed by atoms with Gasteiger partial charge in [-0.15, -0.1) is 0 Å². The second kappa shape index (κ2) is 4.46. The minimum Gasteiger partial charge on any atom is -0.337 e. The molecule has 0 aliphatic heterocycles. The topological polar surface area (TPSA) is 85.0 Å². The minimum absolute atomic E-state index is 0.288. The van der Waals surface area contributed by atoms with E-state index in [-0.39, 0.29) is 6.03 Å². The molecule has 0 aliphatic rings. The molecule has 1 rings (SSSR count). The van der Waals surface area contributed by atoms with Crippen LogP contribution in [-0.2, 0) is 7.05 Å². The summed E-state index contributed by atoms with van der Waals surface area (Å²) in [5.41, 5.74) is 5.21. The molecule has 6 nitrogen and oxygen atoms in total. The molecule has 1 aromatic rings. The van der Waals surface area contributed by atoms with Gasteiger partial charge in [-0.1, -0.05) is 0 Å². The molecule has 6 heteroatoms. The van der Waals surface area contributed by atoms with Gasteiger partial charge in [0.2, 0.25) is 0 Å². The summed E-state index contributed by atoms with van der Waals surface area (Å²) in [5, 5.41) is 9.10. The van der Waals surface area contributed by atoms with Crippen LogP contribution in [0.3, 0.4) is 0 Å². The highest BCUT2D eigenvalue weighted by Gasteiger charge is 2.01. The van der Waals surface area contributed by atoms with Gasteiger partial charge in [-0.3, -0.25) is 10.00 Å². The standard InChI is InChI=1S/C7H13N5O/c1-12-5-2-6(11-12)10-7(13)9-4-3-8/h2,5H,3-4,8H2,1H3,(H2,9,10,11,13). The highest BCUT2D eigenvalue weighted by Crippen LogP contribution is 1.99. The van der Waals surface area contributed by atoms with Gasteiger partial charge in [-0.2, -0.15) is 5.10 Å². The van der Waals surface area contributed by atoms with Crippen LogP contribution in [0.4, 0.5) is 10.6 Å². The van der Waals surface area contributed by atoms with Crippen molar-refractivity contribution in [3.63, 3.8) is 0 Å². The molecular weight excluding hydrogens is 170 g/mol. The van der Waals surface area contributed by atoms with Gasteiger partial charge < -0.3 is 11.1 Å². The number of hydrogen-bond acceptors (Lipinski definition) is 3. The third-order valence-corrected chi connectivity index (χ3v) is 1.39. The number of urea groups is 1. The number of rotatable bonds is 3. The first-order valence-corrected chi connectivity index (χ1v) is 3.97. The largest absolute Gasteiger partial charge is 0.337 e. The molecule has 0 atom stereocenters. The van der Waals surface area contributed by atoms with Gasteiger partial charge in [0.25, 0.3) is 0 Å². The van der Waals surface area contributed by atoms with E-state index < -0.39 is 0 Å². The Hall–Kier alpha value is -1.56. The molecule has 4 N–H and O–H groups in total. The normalized spacial score (nSPS) is 9.69. The zero-order valence-corrected chi connectivity index (χ0v) is 7.45. The van der Waals surface area contributed by atoms with Crippen molar-refractivity contribution in [1.82, 2.24) is 15.1 Å². The maximum Gasteiger partial charge on any atom is 0.320 e. The Morgan fingerprint density at radius 2 is 2.54 bits per heavy atom. The summed E-state index contributed by atoms with van der Waals surface area (Å²) in [5.74, 6) is 0.525. The van der Waals surface area contributed by atoms with Gasteiger partial charge in [0.05, 0.1) is 0 Å². The summed E-state index contributed by atoms with van der Waals surface area (Å²) in [6, 6.07) is 1.42. The van der Waals surface area contributed by atoms with E-state index in [9.17, 15) is 4.79 Å². The second-order valence-electron chi connectivity index (χ2n) is 2.54. The highest BCUT2D eigenvalue weighted by atomic mass is 16.2. The van der Waals surface area contributed by atoms with Crippen molar-refractivity contribution in [2.75, 3.05) is 18.4 Å². The number of carbonyl (C=O) groups excluding carboxylic acids is 1. The van der Waals surface area contributed by atoms with Crippen LogP contribution in [0, 0.1) is 0 Å². The molecule has 0 spiro atoms. The van der Waals surface area contributed by atoms with Crippen LogP contribution < -0.4 is 16.4 Å². The van der Waals surface area contributed by atoms with Crippen molar-refractivity contribution >= 4 is 11.8 Å². The lowest BCUT2D eigenvalue weighted by Gasteiger charge is -2.02. The predicted octanol–water partition coefficient (Wildman–Crippen LogP) is -0.500. The van der Waals surface area contributed by atoms with E-state index in [0.717, 1.165) is 0 Å². The fraction of sp³-hybridized carbons (Fsp3) is 0.429. The molecule has 0 saturated carbocycles. The Morgan fingerprint density at radius 1 is 1.77 bits per heavy atom. The summed E-state index contributed by atoms with van der Waals surface area (Å²) in [6.45, 7) is 0.883. The van der Waals surface area contributed by atoms with Crippen molar-refractivity contribution in [1.29, 1.82) is 0 Å². The molecule has 0 aliphatic carbocycles. The number of amides is 2. The van der Waals surface area contributed by atoms with Gasteiger partial charge >= 0.3 is 6.03 Å². The van der Waals surface area contributed by atoms with Crippen molar-refractivity contribution in [2.24, 2.45) is 12.8 Å². The van der Waals surface area contributed by atoms with E-state index in [1.54, 1.807) is 24.0 Å². The first-order valence-electron chi connectivity index (χ1n) is 3.97. The zero-order chi connectivity index (χ0) is 9.68. The van der Waals surface area contributed by atoms with E-state index in [0.29, 0.717) is 18.9 Å². The molecule has 72 valence electrons. The van der Waals surface area contributed by atoms with Crippen LogP contribution in [0.5, 0.6) is 0 Å². The summed E-state index contributed by atoms with van der Waals surface area (Å²) < 4.78 is 1.61. The minimum atomic E-state index is -0.288. The maximum absolute atomic E-state index is 11.1. The van der Waals surface area contributed by atoms with E-state index in [2.05, 4.69) is 15.7 Å². The van der Waals surface area contributed by atoms with Crippen molar-refractivity contribution in [2.45, 2.75) is 0 Å². The van der Waals surface area contributed by atoms with E-state index in [1.165, 1.54) is 0 Å². The number of hydrogen-bond donors (Lipinski definition) is 3. The molecule has 0 radical (unpaired) electrons. The predicted molar refractivity (Wildman–Crippen MR) is 49.3 cm³/mol. The molecule has 0 fully saturated rings. The first kappa shape index (κ1) is 9.53. The summed E-state index contributed by atoms with van der Waals surface area (Å²) >= 11 is 0. The van der Waals surface area contributed by atoms with Crippen LogP contribution in [0.15, 0.2) is 12.3 Å². The van der Waals surface area contributed by atoms with Crippen molar-refractivity contribution in [3.8, 4) is 0 Å². The average molecular weight is 183 g/mol. The molecule has 13 heavy (non-hydrogen) atoms. The van der Waals surface area contributed by atoms with E-state index in [4.69, 9.17) is 5.73 Å². The summed E-state index contributed by atoms with van der Waals surface area (Å²) in [7, 11) is 1.78. The fourth-order valence-electron chi connectivity index (χ4n) is 0.828. The van der Waals surface area contributed by atoms with E-state index >= 15 is 0 Å². The third kappa shape index (κ3) is 3.12. The van der Waals surface area contributed by atoms with Crippen LogP contribution in [0.25, 0.3) is 0 Å². The molecular formula is C7H13N5O. The lowest BCUT2D eigenvalue weighted by Crippen LogP contribution is -2.33.